The molecule has 0 unspecified atom stereocenters. The van der Waals surface area contributed by atoms with Gasteiger partial charge in [0.2, 0.25) is 13.4 Å². The van der Waals surface area contributed by atoms with Crippen molar-refractivity contribution in [1.82, 2.24) is 0 Å². The van der Waals surface area contributed by atoms with Gasteiger partial charge in [-0.2, -0.15) is 0 Å². The first-order valence-corrected chi connectivity index (χ1v) is 22.9. The molecule has 0 bridgehead atoms. The standard InChI is InChI=1S/C54H36B2N2OSi/c1-2-17-38(18-3-1)57-44-23-8-4-19-40(44)56-43-22-7-15-31-52(43)60(53-32-16-26-47(57)54(53)56)50-29-13-5-20-41(50)55(42-21-6-14-30-51(42)60)37-33-35-39(36-34-37)58-45-24-9-11-27-48(45)59-49-28-12-10-25-46(49)58/h1-36H. The molecule has 4 aliphatic heterocycles. The number of benzene rings is 9. The first-order chi connectivity index (χ1) is 29.8. The van der Waals surface area contributed by atoms with Crippen molar-refractivity contribution in [1.29, 1.82) is 0 Å². The monoisotopic (exact) mass is 778 g/mol. The quantitative estimate of drug-likeness (QED) is 0.203. The Labute approximate surface area is 352 Å². The van der Waals surface area contributed by atoms with Crippen LogP contribution < -0.4 is 68.1 Å². The predicted octanol–water partition coefficient (Wildman–Crippen LogP) is 6.08. The van der Waals surface area contributed by atoms with E-state index in [0.717, 1.165) is 28.6 Å². The SMILES string of the molecule is c1ccc(N2c3ccccc3B3c4ccccc4[Si]4(c5ccccc5B(c5ccc(N6c7ccccc7Oc7ccccc76)cc5)c5ccccc54)c4cccc2c43)cc1. The van der Waals surface area contributed by atoms with Crippen LogP contribution >= 0.6 is 0 Å². The summed E-state index contributed by atoms with van der Waals surface area (Å²) in [6.45, 7) is 0.196. The van der Waals surface area contributed by atoms with Crippen LogP contribution in [0.15, 0.2) is 218 Å². The van der Waals surface area contributed by atoms with Crippen LogP contribution in [0.4, 0.5) is 34.1 Å². The Kier molecular flexibility index (Phi) is 7.22. The lowest BCUT2D eigenvalue weighted by Gasteiger charge is -2.50. The van der Waals surface area contributed by atoms with Crippen molar-refractivity contribution in [2.24, 2.45) is 0 Å². The van der Waals surface area contributed by atoms with E-state index in [1.807, 2.05) is 12.1 Å². The fraction of sp³-hybridized carbons (Fsp3) is 0. The second kappa shape index (κ2) is 12.9. The highest BCUT2D eigenvalue weighted by atomic mass is 28.3. The lowest BCUT2D eigenvalue weighted by Crippen LogP contribution is -2.93. The first-order valence-electron chi connectivity index (χ1n) is 20.9. The van der Waals surface area contributed by atoms with Crippen molar-refractivity contribution in [2.45, 2.75) is 0 Å². The number of nitrogens with zero attached hydrogens (tertiary/aromatic N) is 2. The highest BCUT2D eigenvalue weighted by molar-refractivity contribution is 7.31. The van der Waals surface area contributed by atoms with Gasteiger partial charge >= 0.3 is 0 Å². The van der Waals surface area contributed by atoms with Crippen molar-refractivity contribution >= 4 is 109 Å². The average molecular weight is 779 g/mol. The average Bonchev–Trinajstić information content (AvgIpc) is 3.32. The summed E-state index contributed by atoms with van der Waals surface area (Å²) in [7, 11) is -2.90. The Morgan fingerprint density at radius 3 is 1.37 bits per heavy atom. The van der Waals surface area contributed by atoms with Gasteiger partial charge in [0.05, 0.1) is 11.4 Å². The molecule has 0 amide bonds. The molecule has 9 aromatic rings. The van der Waals surface area contributed by atoms with Gasteiger partial charge in [-0.15, -0.1) is 0 Å². The molecule has 60 heavy (non-hydrogen) atoms. The zero-order chi connectivity index (χ0) is 39.4. The number of fused-ring (bicyclic) bond motifs is 12. The zero-order valence-corrected chi connectivity index (χ0v) is 33.7. The van der Waals surface area contributed by atoms with Crippen LogP contribution in [0.25, 0.3) is 0 Å². The normalized spacial score (nSPS) is 14.5. The van der Waals surface area contributed by atoms with E-state index in [1.165, 1.54) is 70.6 Å². The molecule has 9 aromatic carbocycles. The van der Waals surface area contributed by atoms with Crippen LogP contribution in [0.5, 0.6) is 11.5 Å². The highest BCUT2D eigenvalue weighted by Crippen LogP contribution is 2.50. The third-order valence-electron chi connectivity index (χ3n) is 13.5. The van der Waals surface area contributed by atoms with Crippen LogP contribution in [-0.4, -0.2) is 21.5 Å². The van der Waals surface area contributed by atoms with Crippen molar-refractivity contribution in [3.63, 3.8) is 0 Å². The molecule has 0 fully saturated rings. The Morgan fingerprint density at radius 1 is 0.317 bits per heavy atom. The Bertz CT molecular complexity index is 3100. The molecule has 0 saturated heterocycles. The van der Waals surface area contributed by atoms with Gasteiger partial charge in [-0.1, -0.05) is 180 Å². The van der Waals surface area contributed by atoms with Gasteiger partial charge in [-0.3, -0.25) is 0 Å². The lowest BCUT2D eigenvalue weighted by molar-refractivity contribution is 0.477. The van der Waals surface area contributed by atoms with Crippen LogP contribution in [0.2, 0.25) is 0 Å². The lowest BCUT2D eigenvalue weighted by atomic mass is 9.34. The van der Waals surface area contributed by atoms with Crippen molar-refractivity contribution < 1.29 is 4.74 Å². The molecule has 0 atom stereocenters. The van der Waals surface area contributed by atoms with E-state index in [-0.39, 0.29) is 13.4 Å². The topological polar surface area (TPSA) is 15.7 Å². The largest absolute Gasteiger partial charge is 0.453 e. The molecule has 0 aliphatic carbocycles. The van der Waals surface area contributed by atoms with E-state index < -0.39 is 8.07 Å². The minimum Gasteiger partial charge on any atom is -0.453 e. The van der Waals surface area contributed by atoms with Crippen molar-refractivity contribution in [3.8, 4) is 11.5 Å². The van der Waals surface area contributed by atoms with E-state index in [1.54, 1.807) is 0 Å². The maximum Gasteiger partial charge on any atom is 0.246 e. The van der Waals surface area contributed by atoms with Gasteiger partial charge in [-0.05, 0) is 92.3 Å². The van der Waals surface area contributed by atoms with Crippen LogP contribution in [0.3, 0.4) is 0 Å². The summed E-state index contributed by atoms with van der Waals surface area (Å²) in [6, 6.07) is 81.4. The van der Waals surface area contributed by atoms with E-state index in [9.17, 15) is 0 Å². The molecule has 278 valence electrons. The second-order valence-electron chi connectivity index (χ2n) is 16.3. The third-order valence-corrected chi connectivity index (χ3v) is 18.5. The summed E-state index contributed by atoms with van der Waals surface area (Å²) >= 11 is 0. The predicted molar refractivity (Wildman–Crippen MR) is 255 cm³/mol. The number of hydrogen-bond donors (Lipinski definition) is 0. The summed E-state index contributed by atoms with van der Waals surface area (Å²) in [5, 5.41) is 5.97. The molecular formula is C54H36B2N2OSi. The van der Waals surface area contributed by atoms with Crippen LogP contribution in [0.1, 0.15) is 0 Å². The molecule has 0 radical (unpaired) electrons. The molecule has 0 N–H and O–H groups in total. The zero-order valence-electron chi connectivity index (χ0n) is 32.7. The smallest absolute Gasteiger partial charge is 0.246 e. The maximum absolute atomic E-state index is 6.36. The fourth-order valence-corrected chi connectivity index (χ4v) is 17.0. The number of anilines is 6. The Balaban J connectivity index is 1.04. The number of ether oxygens (including phenoxy) is 1. The fourth-order valence-electron chi connectivity index (χ4n) is 11.2. The van der Waals surface area contributed by atoms with Crippen molar-refractivity contribution in [2.75, 3.05) is 9.80 Å². The number of rotatable bonds is 3. The Morgan fingerprint density at radius 2 is 0.750 bits per heavy atom. The van der Waals surface area contributed by atoms with E-state index >= 15 is 0 Å². The minimum atomic E-state index is -2.90. The van der Waals surface area contributed by atoms with Crippen LogP contribution in [0, 0.1) is 0 Å². The molecule has 1 spiro atoms. The number of hydrogen-bond acceptors (Lipinski definition) is 3. The maximum atomic E-state index is 6.36. The van der Waals surface area contributed by atoms with Gasteiger partial charge in [-0.25, -0.2) is 0 Å². The third kappa shape index (κ3) is 4.51. The van der Waals surface area contributed by atoms with Gasteiger partial charge in [0, 0.05) is 22.7 Å². The minimum absolute atomic E-state index is 0.0693. The summed E-state index contributed by atoms with van der Waals surface area (Å²) in [5.74, 6) is 1.72. The molecular weight excluding hydrogens is 742 g/mol. The number of para-hydroxylation sites is 6. The molecule has 4 heterocycles. The van der Waals surface area contributed by atoms with Crippen molar-refractivity contribution in [3.05, 3.63) is 218 Å². The van der Waals surface area contributed by atoms with E-state index in [2.05, 4.69) is 216 Å². The van der Waals surface area contributed by atoms with Gasteiger partial charge in [0.15, 0.2) is 19.6 Å². The summed E-state index contributed by atoms with van der Waals surface area (Å²) < 4.78 is 6.36. The molecule has 3 nitrogen and oxygen atoms in total. The molecule has 4 aliphatic rings. The molecule has 6 heteroatoms. The summed E-state index contributed by atoms with van der Waals surface area (Å²) in [4.78, 5) is 4.84. The van der Waals surface area contributed by atoms with E-state index in [0.29, 0.717) is 0 Å². The van der Waals surface area contributed by atoms with E-state index in [4.69, 9.17) is 4.74 Å². The summed E-state index contributed by atoms with van der Waals surface area (Å²) in [6.07, 6.45) is 0. The van der Waals surface area contributed by atoms with Gasteiger partial charge < -0.3 is 14.5 Å². The Hall–Kier alpha value is -7.27. The van der Waals surface area contributed by atoms with Gasteiger partial charge in [0.25, 0.3) is 0 Å². The molecule has 13 rings (SSSR count). The van der Waals surface area contributed by atoms with Gasteiger partial charge in [0.1, 0.15) is 0 Å². The first kappa shape index (κ1) is 33.7. The molecule has 0 saturated carbocycles. The van der Waals surface area contributed by atoms with Crippen LogP contribution in [-0.2, 0) is 0 Å². The molecule has 0 aromatic heterocycles. The second-order valence-corrected chi connectivity index (χ2v) is 20.0. The highest BCUT2D eigenvalue weighted by Gasteiger charge is 2.56. The summed E-state index contributed by atoms with van der Waals surface area (Å²) in [5.41, 5.74) is 15.2.